The van der Waals surface area contributed by atoms with Crippen molar-refractivity contribution in [1.29, 1.82) is 0 Å². The first-order valence-electron chi connectivity index (χ1n) is 4.38. The maximum atomic E-state index is 5.20. The van der Waals surface area contributed by atoms with E-state index in [0.717, 1.165) is 26.2 Å². The average molecular weight is 168 g/mol. The summed E-state index contributed by atoms with van der Waals surface area (Å²) in [6.45, 7) is 4.61. The SMILES string of the molecule is CCOCCCNn1cccc1. The second kappa shape index (κ2) is 5.66. The summed E-state index contributed by atoms with van der Waals surface area (Å²) in [5.41, 5.74) is 3.22. The third kappa shape index (κ3) is 3.44. The van der Waals surface area contributed by atoms with Gasteiger partial charge in [-0.1, -0.05) is 0 Å². The van der Waals surface area contributed by atoms with Crippen LogP contribution in [-0.4, -0.2) is 24.4 Å². The smallest absolute Gasteiger partial charge is 0.0483 e. The summed E-state index contributed by atoms with van der Waals surface area (Å²) < 4.78 is 7.15. The van der Waals surface area contributed by atoms with Crippen LogP contribution in [0.3, 0.4) is 0 Å². The van der Waals surface area contributed by atoms with Crippen LogP contribution in [0.25, 0.3) is 0 Å². The molecule has 0 radical (unpaired) electrons. The van der Waals surface area contributed by atoms with Gasteiger partial charge in [0.05, 0.1) is 0 Å². The van der Waals surface area contributed by atoms with E-state index in [1.54, 1.807) is 0 Å². The van der Waals surface area contributed by atoms with Crippen LogP contribution in [-0.2, 0) is 4.74 Å². The number of nitrogens with one attached hydrogen (secondary N) is 1. The van der Waals surface area contributed by atoms with E-state index < -0.39 is 0 Å². The fourth-order valence-corrected chi connectivity index (χ4v) is 0.967. The predicted octanol–water partition coefficient (Wildman–Crippen LogP) is 1.46. The zero-order chi connectivity index (χ0) is 8.65. The van der Waals surface area contributed by atoms with Crippen LogP contribution in [0.2, 0.25) is 0 Å². The molecule has 1 rings (SSSR count). The highest BCUT2D eigenvalue weighted by atomic mass is 16.5. The van der Waals surface area contributed by atoms with Crippen LogP contribution >= 0.6 is 0 Å². The van der Waals surface area contributed by atoms with Crippen LogP contribution in [0.1, 0.15) is 13.3 Å². The Hall–Kier alpha value is -0.960. The highest BCUT2D eigenvalue weighted by molar-refractivity contribution is 4.92. The first kappa shape index (κ1) is 9.13. The van der Waals surface area contributed by atoms with Gasteiger partial charge >= 0.3 is 0 Å². The minimum atomic E-state index is 0.809. The Bertz CT molecular complexity index is 184. The Morgan fingerprint density at radius 3 is 2.75 bits per heavy atom. The van der Waals surface area contributed by atoms with Gasteiger partial charge in [-0.3, -0.25) is 4.68 Å². The summed E-state index contributed by atoms with van der Waals surface area (Å²) in [6.07, 6.45) is 5.02. The van der Waals surface area contributed by atoms with E-state index in [4.69, 9.17) is 4.74 Å². The van der Waals surface area contributed by atoms with Gasteiger partial charge in [-0.05, 0) is 25.5 Å². The summed E-state index contributed by atoms with van der Waals surface area (Å²) in [5.74, 6) is 0. The van der Waals surface area contributed by atoms with Crippen molar-refractivity contribution in [2.75, 3.05) is 25.2 Å². The molecule has 0 fully saturated rings. The van der Waals surface area contributed by atoms with Crippen molar-refractivity contribution in [1.82, 2.24) is 4.68 Å². The minimum Gasteiger partial charge on any atom is -0.382 e. The summed E-state index contributed by atoms with van der Waals surface area (Å²) in [5, 5.41) is 0. The summed E-state index contributed by atoms with van der Waals surface area (Å²) in [7, 11) is 0. The zero-order valence-electron chi connectivity index (χ0n) is 7.49. The molecule has 3 heteroatoms. The van der Waals surface area contributed by atoms with Gasteiger partial charge < -0.3 is 10.2 Å². The van der Waals surface area contributed by atoms with Crippen LogP contribution in [0.4, 0.5) is 0 Å². The summed E-state index contributed by atoms with van der Waals surface area (Å²) in [6, 6.07) is 3.99. The molecule has 0 aliphatic heterocycles. The van der Waals surface area contributed by atoms with Gasteiger partial charge in [-0.25, -0.2) is 0 Å². The number of hydrogen-bond acceptors (Lipinski definition) is 2. The number of rotatable bonds is 6. The maximum absolute atomic E-state index is 5.20. The number of ether oxygens (including phenoxy) is 1. The molecule has 3 nitrogen and oxygen atoms in total. The molecular formula is C9H16N2O. The molecule has 0 spiro atoms. The van der Waals surface area contributed by atoms with E-state index >= 15 is 0 Å². The van der Waals surface area contributed by atoms with E-state index in [9.17, 15) is 0 Å². The standard InChI is InChI=1S/C9H16N2O/c1-2-12-9-5-6-10-11-7-3-4-8-11/h3-4,7-8,10H,2,5-6,9H2,1H3. The van der Waals surface area contributed by atoms with Gasteiger partial charge in [0.25, 0.3) is 0 Å². The first-order valence-corrected chi connectivity index (χ1v) is 4.38. The number of aromatic nitrogens is 1. The Balaban J connectivity index is 1.96. The fraction of sp³-hybridized carbons (Fsp3) is 0.556. The third-order valence-electron chi connectivity index (χ3n) is 1.57. The molecule has 1 N–H and O–H groups in total. The average Bonchev–Trinajstić information content (AvgIpc) is 2.57. The van der Waals surface area contributed by atoms with E-state index in [1.807, 2.05) is 36.1 Å². The van der Waals surface area contributed by atoms with Crippen LogP contribution in [0.5, 0.6) is 0 Å². The molecule has 1 aromatic rings. The lowest BCUT2D eigenvalue weighted by molar-refractivity contribution is 0.147. The molecular weight excluding hydrogens is 152 g/mol. The van der Waals surface area contributed by atoms with E-state index in [-0.39, 0.29) is 0 Å². The van der Waals surface area contributed by atoms with Crippen molar-refractivity contribution in [3.05, 3.63) is 24.5 Å². The van der Waals surface area contributed by atoms with Crippen molar-refractivity contribution in [3.8, 4) is 0 Å². The van der Waals surface area contributed by atoms with Gasteiger partial charge in [0.15, 0.2) is 0 Å². The van der Waals surface area contributed by atoms with E-state index in [2.05, 4.69) is 5.43 Å². The molecule has 0 saturated carbocycles. The molecule has 0 unspecified atom stereocenters. The Kier molecular flexibility index (Phi) is 4.31. The van der Waals surface area contributed by atoms with Crippen LogP contribution < -0.4 is 5.43 Å². The van der Waals surface area contributed by atoms with E-state index in [1.165, 1.54) is 0 Å². The van der Waals surface area contributed by atoms with Crippen molar-refractivity contribution in [3.63, 3.8) is 0 Å². The highest BCUT2D eigenvalue weighted by Crippen LogP contribution is 1.86. The summed E-state index contributed by atoms with van der Waals surface area (Å²) >= 11 is 0. The fourth-order valence-electron chi connectivity index (χ4n) is 0.967. The van der Waals surface area contributed by atoms with Crippen molar-refractivity contribution in [2.24, 2.45) is 0 Å². The first-order chi connectivity index (χ1) is 5.93. The molecule has 1 aromatic heterocycles. The molecule has 12 heavy (non-hydrogen) atoms. The molecule has 0 atom stereocenters. The molecule has 68 valence electrons. The van der Waals surface area contributed by atoms with Gasteiger partial charge in [0, 0.05) is 32.2 Å². The molecule has 0 aromatic carbocycles. The second-order valence-corrected chi connectivity index (χ2v) is 2.55. The van der Waals surface area contributed by atoms with Gasteiger partial charge in [0.1, 0.15) is 0 Å². The monoisotopic (exact) mass is 168 g/mol. The molecule has 0 aliphatic carbocycles. The minimum absolute atomic E-state index is 0.809. The Labute approximate surface area is 73.3 Å². The lowest BCUT2D eigenvalue weighted by Crippen LogP contribution is -2.15. The van der Waals surface area contributed by atoms with Gasteiger partial charge in [-0.15, -0.1) is 0 Å². The van der Waals surface area contributed by atoms with Gasteiger partial charge in [-0.2, -0.15) is 0 Å². The molecule has 0 bridgehead atoms. The van der Waals surface area contributed by atoms with Crippen molar-refractivity contribution >= 4 is 0 Å². The maximum Gasteiger partial charge on any atom is 0.0483 e. The molecule has 0 amide bonds. The Morgan fingerprint density at radius 1 is 1.33 bits per heavy atom. The van der Waals surface area contributed by atoms with Crippen LogP contribution in [0.15, 0.2) is 24.5 Å². The highest BCUT2D eigenvalue weighted by Gasteiger charge is 1.87. The van der Waals surface area contributed by atoms with Gasteiger partial charge in [0.2, 0.25) is 0 Å². The van der Waals surface area contributed by atoms with Crippen molar-refractivity contribution in [2.45, 2.75) is 13.3 Å². The van der Waals surface area contributed by atoms with Crippen molar-refractivity contribution < 1.29 is 4.74 Å². The van der Waals surface area contributed by atoms with Crippen LogP contribution in [0, 0.1) is 0 Å². The molecule has 0 saturated heterocycles. The number of nitrogens with zero attached hydrogens (tertiary/aromatic N) is 1. The van der Waals surface area contributed by atoms with E-state index in [0.29, 0.717) is 0 Å². The molecule has 0 aliphatic rings. The summed E-state index contributed by atoms with van der Waals surface area (Å²) in [4.78, 5) is 0. The predicted molar refractivity (Wildman–Crippen MR) is 49.8 cm³/mol. The largest absolute Gasteiger partial charge is 0.382 e. The quantitative estimate of drug-likeness (QED) is 0.651. The topological polar surface area (TPSA) is 26.2 Å². The lowest BCUT2D eigenvalue weighted by Gasteiger charge is -2.06. The zero-order valence-corrected chi connectivity index (χ0v) is 7.49. The lowest BCUT2D eigenvalue weighted by atomic mass is 10.5. The third-order valence-corrected chi connectivity index (χ3v) is 1.57. The molecule has 1 heterocycles. The normalized spacial score (nSPS) is 10.1. The Morgan fingerprint density at radius 2 is 2.08 bits per heavy atom. The second-order valence-electron chi connectivity index (χ2n) is 2.55. The number of hydrogen-bond donors (Lipinski definition) is 1.